The molecule has 2 aromatic rings. The van der Waals surface area contributed by atoms with Gasteiger partial charge >= 0.3 is 0 Å². The molecule has 5 N–H and O–H groups in total. The number of nitrogens with two attached hydrogens (primary N) is 1. The Hall–Kier alpha value is -2.67. The molecule has 3 rings (SSSR count). The molecule has 1 fully saturated rings. The summed E-state index contributed by atoms with van der Waals surface area (Å²) in [7, 11) is 0. The monoisotopic (exact) mass is 382 g/mol. The van der Waals surface area contributed by atoms with E-state index in [9.17, 15) is 4.79 Å². The number of benzene rings is 1. The van der Waals surface area contributed by atoms with E-state index in [0.717, 1.165) is 18.5 Å². The quantitative estimate of drug-likeness (QED) is 0.584. The van der Waals surface area contributed by atoms with Gasteiger partial charge in [0.1, 0.15) is 12.0 Å². The van der Waals surface area contributed by atoms with Gasteiger partial charge in [0.15, 0.2) is 17.4 Å². The molecule has 1 saturated heterocycles. The summed E-state index contributed by atoms with van der Waals surface area (Å²) in [6.45, 7) is 10.4. The second-order valence-electron chi connectivity index (χ2n) is 8.89. The highest BCUT2D eigenvalue weighted by Gasteiger charge is 2.37. The van der Waals surface area contributed by atoms with Crippen LogP contribution in [0.25, 0.3) is 0 Å². The third-order valence-corrected chi connectivity index (χ3v) is 4.95. The number of carbonyl (C=O) groups excluding carboxylic acids is 1. The van der Waals surface area contributed by atoms with Crippen molar-refractivity contribution in [2.75, 3.05) is 16.4 Å². The van der Waals surface area contributed by atoms with Crippen LogP contribution in [-0.2, 0) is 0 Å². The molecule has 0 bridgehead atoms. The largest absolute Gasteiger partial charge is 0.393 e. The normalized spacial score (nSPS) is 18.5. The zero-order valence-electron chi connectivity index (χ0n) is 17.3. The number of anilines is 4. The first-order chi connectivity index (χ1) is 13.0. The smallest absolute Gasteiger partial charge is 0.159 e. The van der Waals surface area contributed by atoms with Crippen molar-refractivity contribution in [3.63, 3.8) is 0 Å². The number of nitrogens with one attached hydrogen (secondary N) is 3. The molecule has 0 radical (unpaired) electrons. The summed E-state index contributed by atoms with van der Waals surface area (Å²) in [6, 6.07) is 7.52. The van der Waals surface area contributed by atoms with Crippen LogP contribution >= 0.6 is 0 Å². The predicted octanol–water partition coefficient (Wildman–Crippen LogP) is 3.73. The molecule has 1 aromatic heterocycles. The standard InChI is InChI=1S/C21H30N6O/c1-13(28)14-7-6-8-15(9-14)25-18-17(22)19(24-12-23-18)26-16-10-20(2,3)27-21(4,5)11-16/h6-9,12,16,27H,10-11,22H2,1-5H3,(H2,23,24,25,26). The Morgan fingerprint density at radius 2 is 1.79 bits per heavy atom. The van der Waals surface area contributed by atoms with Crippen molar-refractivity contribution in [1.82, 2.24) is 15.3 Å². The molecule has 0 unspecified atom stereocenters. The third kappa shape index (κ3) is 4.78. The van der Waals surface area contributed by atoms with Crippen molar-refractivity contribution in [1.29, 1.82) is 0 Å². The van der Waals surface area contributed by atoms with Gasteiger partial charge in [-0.15, -0.1) is 0 Å². The van der Waals surface area contributed by atoms with E-state index in [1.165, 1.54) is 6.33 Å². The van der Waals surface area contributed by atoms with Crippen molar-refractivity contribution in [2.45, 2.75) is 64.6 Å². The van der Waals surface area contributed by atoms with Crippen molar-refractivity contribution in [2.24, 2.45) is 0 Å². The van der Waals surface area contributed by atoms with E-state index in [-0.39, 0.29) is 22.9 Å². The summed E-state index contributed by atoms with van der Waals surface area (Å²) in [5.74, 6) is 1.15. The van der Waals surface area contributed by atoms with Gasteiger partial charge in [-0.1, -0.05) is 12.1 Å². The topological polar surface area (TPSA) is 105 Å². The van der Waals surface area contributed by atoms with Crippen LogP contribution < -0.4 is 21.7 Å². The van der Waals surface area contributed by atoms with Crippen LogP contribution in [0.2, 0.25) is 0 Å². The first kappa shape index (κ1) is 20.1. The third-order valence-electron chi connectivity index (χ3n) is 4.95. The van der Waals surface area contributed by atoms with Crippen LogP contribution in [0.3, 0.4) is 0 Å². The fraction of sp³-hybridized carbons (Fsp3) is 0.476. The highest BCUT2D eigenvalue weighted by molar-refractivity contribution is 5.95. The van der Waals surface area contributed by atoms with Crippen LogP contribution in [0.5, 0.6) is 0 Å². The first-order valence-corrected chi connectivity index (χ1v) is 9.59. The SMILES string of the molecule is CC(=O)c1cccc(Nc2ncnc(NC3CC(C)(C)NC(C)(C)C3)c2N)c1. The first-order valence-electron chi connectivity index (χ1n) is 9.59. The lowest BCUT2D eigenvalue weighted by atomic mass is 9.79. The van der Waals surface area contributed by atoms with Crippen LogP contribution in [0.1, 0.15) is 57.8 Å². The summed E-state index contributed by atoms with van der Waals surface area (Å²) >= 11 is 0. The second kappa shape index (κ2) is 7.39. The number of Topliss-reactive ketones (excluding diaryl/α,β-unsaturated/α-hetero) is 1. The summed E-state index contributed by atoms with van der Waals surface area (Å²) in [5.41, 5.74) is 8.25. The van der Waals surface area contributed by atoms with Gasteiger partial charge in [0.25, 0.3) is 0 Å². The number of nitrogen functional groups attached to an aromatic ring is 1. The lowest BCUT2D eigenvalue weighted by Crippen LogP contribution is -2.60. The fourth-order valence-corrected chi connectivity index (χ4v) is 4.18. The van der Waals surface area contributed by atoms with Crippen LogP contribution in [-0.4, -0.2) is 32.9 Å². The Labute approximate surface area is 166 Å². The average molecular weight is 383 g/mol. The van der Waals surface area contributed by atoms with Gasteiger partial charge in [-0.2, -0.15) is 0 Å². The van der Waals surface area contributed by atoms with E-state index in [4.69, 9.17) is 5.73 Å². The Balaban J connectivity index is 1.80. The summed E-state index contributed by atoms with van der Waals surface area (Å²) in [4.78, 5) is 20.2. The summed E-state index contributed by atoms with van der Waals surface area (Å²) in [5, 5.41) is 10.4. The fourth-order valence-electron chi connectivity index (χ4n) is 4.18. The van der Waals surface area contributed by atoms with Crippen LogP contribution in [0.4, 0.5) is 23.0 Å². The summed E-state index contributed by atoms with van der Waals surface area (Å²) < 4.78 is 0. The van der Waals surface area contributed by atoms with E-state index in [2.05, 4.69) is 53.6 Å². The van der Waals surface area contributed by atoms with Crippen LogP contribution in [0, 0.1) is 0 Å². The van der Waals surface area contributed by atoms with Crippen molar-refractivity contribution < 1.29 is 4.79 Å². The van der Waals surface area contributed by atoms with E-state index in [0.29, 0.717) is 22.9 Å². The molecule has 0 saturated carbocycles. The molecule has 150 valence electrons. The number of nitrogens with zero attached hydrogens (tertiary/aromatic N) is 2. The van der Waals surface area contributed by atoms with Gasteiger partial charge in [-0.25, -0.2) is 9.97 Å². The number of piperidine rings is 1. The maximum Gasteiger partial charge on any atom is 0.159 e. The molecular formula is C21H30N6O. The van der Waals surface area contributed by atoms with E-state index >= 15 is 0 Å². The Bertz CT molecular complexity index is 861. The van der Waals surface area contributed by atoms with Crippen molar-refractivity contribution in [3.05, 3.63) is 36.2 Å². The van der Waals surface area contributed by atoms with Gasteiger partial charge in [-0.3, -0.25) is 4.79 Å². The molecule has 0 spiro atoms. The maximum absolute atomic E-state index is 11.6. The number of carbonyl (C=O) groups is 1. The average Bonchev–Trinajstić information content (AvgIpc) is 2.56. The molecule has 1 aromatic carbocycles. The molecule has 2 heterocycles. The zero-order chi connectivity index (χ0) is 20.5. The Morgan fingerprint density at radius 1 is 1.14 bits per heavy atom. The molecule has 7 heteroatoms. The minimum atomic E-state index is 0.0119. The molecular weight excluding hydrogens is 352 g/mol. The van der Waals surface area contributed by atoms with E-state index in [1.54, 1.807) is 19.1 Å². The molecule has 28 heavy (non-hydrogen) atoms. The number of hydrogen-bond acceptors (Lipinski definition) is 7. The lowest BCUT2D eigenvalue weighted by molar-refractivity contribution is 0.101. The van der Waals surface area contributed by atoms with E-state index < -0.39 is 0 Å². The summed E-state index contributed by atoms with van der Waals surface area (Å²) in [6.07, 6.45) is 3.42. The predicted molar refractivity (Wildman–Crippen MR) is 114 cm³/mol. The van der Waals surface area contributed by atoms with Gasteiger partial charge < -0.3 is 21.7 Å². The second-order valence-corrected chi connectivity index (χ2v) is 8.89. The maximum atomic E-state index is 11.6. The van der Waals surface area contributed by atoms with Crippen molar-refractivity contribution >= 4 is 28.8 Å². The van der Waals surface area contributed by atoms with Gasteiger partial charge in [0, 0.05) is 28.4 Å². The highest BCUT2D eigenvalue weighted by atomic mass is 16.1. The van der Waals surface area contributed by atoms with E-state index in [1.807, 2.05) is 12.1 Å². The molecule has 0 atom stereocenters. The Morgan fingerprint density at radius 3 is 2.43 bits per heavy atom. The molecule has 7 nitrogen and oxygen atoms in total. The number of ketones is 1. The zero-order valence-corrected chi connectivity index (χ0v) is 17.3. The van der Waals surface area contributed by atoms with Gasteiger partial charge in [-0.05, 0) is 59.6 Å². The minimum absolute atomic E-state index is 0.0119. The molecule has 1 aliphatic heterocycles. The number of rotatable bonds is 5. The molecule has 0 aliphatic carbocycles. The lowest BCUT2D eigenvalue weighted by Gasteiger charge is -2.46. The van der Waals surface area contributed by atoms with Crippen LogP contribution in [0.15, 0.2) is 30.6 Å². The molecule has 1 aliphatic rings. The van der Waals surface area contributed by atoms with Crippen molar-refractivity contribution in [3.8, 4) is 0 Å². The Kier molecular flexibility index (Phi) is 5.30. The van der Waals surface area contributed by atoms with Gasteiger partial charge in [0.05, 0.1) is 0 Å². The number of aromatic nitrogens is 2. The minimum Gasteiger partial charge on any atom is -0.393 e. The molecule has 0 amide bonds. The number of hydrogen-bond donors (Lipinski definition) is 4. The highest BCUT2D eigenvalue weighted by Crippen LogP contribution is 2.33. The van der Waals surface area contributed by atoms with Gasteiger partial charge in [0.2, 0.25) is 0 Å².